The Labute approximate surface area is 152 Å². The van der Waals surface area contributed by atoms with E-state index in [4.69, 9.17) is 16.3 Å². The van der Waals surface area contributed by atoms with Crippen LogP contribution in [0, 0.1) is 5.82 Å². The van der Waals surface area contributed by atoms with E-state index in [9.17, 15) is 9.50 Å². The van der Waals surface area contributed by atoms with Gasteiger partial charge in [-0.25, -0.2) is 4.39 Å². The third-order valence-electron chi connectivity index (χ3n) is 4.63. The van der Waals surface area contributed by atoms with Crippen LogP contribution in [0.5, 0.6) is 5.75 Å². The van der Waals surface area contributed by atoms with Gasteiger partial charge in [-0.05, 0) is 74.2 Å². The maximum Gasteiger partial charge on any atom is 0.126 e. The summed E-state index contributed by atoms with van der Waals surface area (Å²) in [6, 6.07) is 13.7. The summed E-state index contributed by atoms with van der Waals surface area (Å²) in [6.07, 6.45) is 2.74. The molecule has 1 aliphatic carbocycles. The van der Waals surface area contributed by atoms with Crippen LogP contribution in [0.4, 0.5) is 4.39 Å². The summed E-state index contributed by atoms with van der Waals surface area (Å²) < 4.78 is 18.8. The summed E-state index contributed by atoms with van der Waals surface area (Å²) >= 11 is 5.89. The standard InChI is InChI=1S/C20H23ClFNO2/c21-15-6-4-14(5-7-15)12-13-23-18-2-1-3-19(20(18)24)25-17-10-8-16(22)9-11-17/h4-11,18-20,23-24H,1-3,12-13H2/t18-,19+,20+/m0/s1. The van der Waals surface area contributed by atoms with Crippen molar-refractivity contribution < 1.29 is 14.2 Å². The molecule has 2 aromatic rings. The molecule has 3 atom stereocenters. The van der Waals surface area contributed by atoms with E-state index in [0.717, 1.165) is 37.3 Å². The zero-order chi connectivity index (χ0) is 17.6. The van der Waals surface area contributed by atoms with Crippen LogP contribution in [0.2, 0.25) is 5.02 Å². The Morgan fingerprint density at radius 2 is 1.80 bits per heavy atom. The van der Waals surface area contributed by atoms with Gasteiger partial charge in [0.1, 0.15) is 23.8 Å². The lowest BCUT2D eigenvalue weighted by atomic mass is 9.89. The average molecular weight is 364 g/mol. The SMILES string of the molecule is O[C@@H]1[C@@H](NCCc2ccc(Cl)cc2)CCC[C@H]1Oc1ccc(F)cc1. The van der Waals surface area contributed by atoms with E-state index in [2.05, 4.69) is 5.32 Å². The molecule has 134 valence electrons. The van der Waals surface area contributed by atoms with Crippen molar-refractivity contribution >= 4 is 11.6 Å². The fourth-order valence-electron chi connectivity index (χ4n) is 3.23. The lowest BCUT2D eigenvalue weighted by molar-refractivity contribution is -0.0151. The van der Waals surface area contributed by atoms with Crippen LogP contribution >= 0.6 is 11.6 Å². The Morgan fingerprint density at radius 1 is 1.08 bits per heavy atom. The second-order valence-electron chi connectivity index (χ2n) is 6.47. The Hall–Kier alpha value is -1.62. The molecular formula is C20H23ClFNO2. The molecule has 0 aromatic heterocycles. The second kappa shape index (κ2) is 8.65. The predicted molar refractivity (Wildman–Crippen MR) is 97.6 cm³/mol. The van der Waals surface area contributed by atoms with Gasteiger partial charge >= 0.3 is 0 Å². The van der Waals surface area contributed by atoms with E-state index < -0.39 is 6.10 Å². The predicted octanol–water partition coefficient (Wildman–Crippen LogP) is 3.97. The topological polar surface area (TPSA) is 41.5 Å². The molecule has 1 saturated carbocycles. The number of halogens is 2. The summed E-state index contributed by atoms with van der Waals surface area (Å²) in [4.78, 5) is 0. The lowest BCUT2D eigenvalue weighted by Gasteiger charge is -2.35. The Kier molecular flexibility index (Phi) is 6.29. The maximum atomic E-state index is 13.0. The quantitative estimate of drug-likeness (QED) is 0.815. The number of aliphatic hydroxyl groups excluding tert-OH is 1. The van der Waals surface area contributed by atoms with Crippen molar-refractivity contribution in [2.75, 3.05) is 6.54 Å². The first-order valence-corrected chi connectivity index (χ1v) is 9.08. The number of nitrogens with one attached hydrogen (secondary N) is 1. The van der Waals surface area contributed by atoms with Gasteiger partial charge in [0.05, 0.1) is 0 Å². The first-order valence-electron chi connectivity index (χ1n) is 8.70. The minimum absolute atomic E-state index is 0.00602. The number of aliphatic hydroxyl groups is 1. The van der Waals surface area contributed by atoms with Gasteiger partial charge in [0.25, 0.3) is 0 Å². The number of hydrogen-bond donors (Lipinski definition) is 2. The summed E-state index contributed by atoms with van der Waals surface area (Å²) in [5.74, 6) is 0.297. The summed E-state index contributed by atoms with van der Waals surface area (Å²) in [6.45, 7) is 0.784. The van der Waals surface area contributed by atoms with Crippen LogP contribution in [0.1, 0.15) is 24.8 Å². The first-order chi connectivity index (χ1) is 12.1. The molecule has 5 heteroatoms. The molecule has 0 aliphatic heterocycles. The molecule has 0 unspecified atom stereocenters. The molecule has 0 radical (unpaired) electrons. The van der Waals surface area contributed by atoms with Crippen LogP contribution in [0.3, 0.4) is 0 Å². The minimum atomic E-state index is -0.580. The van der Waals surface area contributed by atoms with Gasteiger partial charge < -0.3 is 15.2 Å². The Bertz CT molecular complexity index is 662. The van der Waals surface area contributed by atoms with Crippen LogP contribution in [0.15, 0.2) is 48.5 Å². The molecule has 0 spiro atoms. The smallest absolute Gasteiger partial charge is 0.126 e. The van der Waals surface area contributed by atoms with E-state index in [0.29, 0.717) is 5.75 Å². The van der Waals surface area contributed by atoms with Crippen LogP contribution in [-0.2, 0) is 6.42 Å². The van der Waals surface area contributed by atoms with Gasteiger partial charge in [0, 0.05) is 11.1 Å². The van der Waals surface area contributed by atoms with Crippen molar-refractivity contribution in [1.82, 2.24) is 5.32 Å². The highest BCUT2D eigenvalue weighted by Gasteiger charge is 2.32. The molecule has 3 nitrogen and oxygen atoms in total. The van der Waals surface area contributed by atoms with E-state index in [1.54, 1.807) is 12.1 Å². The molecule has 3 rings (SSSR count). The lowest BCUT2D eigenvalue weighted by Crippen LogP contribution is -2.51. The summed E-state index contributed by atoms with van der Waals surface area (Å²) in [7, 11) is 0. The summed E-state index contributed by atoms with van der Waals surface area (Å²) in [5.41, 5.74) is 1.21. The van der Waals surface area contributed by atoms with Crippen LogP contribution in [0.25, 0.3) is 0 Å². The molecule has 0 amide bonds. The molecule has 1 aliphatic rings. The van der Waals surface area contributed by atoms with Crippen molar-refractivity contribution in [1.29, 1.82) is 0 Å². The van der Waals surface area contributed by atoms with Crippen molar-refractivity contribution in [3.63, 3.8) is 0 Å². The average Bonchev–Trinajstić information content (AvgIpc) is 2.62. The molecule has 2 aromatic carbocycles. The third kappa shape index (κ3) is 5.18. The Morgan fingerprint density at radius 3 is 2.52 bits per heavy atom. The number of hydrogen-bond acceptors (Lipinski definition) is 3. The zero-order valence-electron chi connectivity index (χ0n) is 14.0. The highest BCUT2D eigenvalue weighted by molar-refractivity contribution is 6.30. The molecule has 0 bridgehead atoms. The van der Waals surface area contributed by atoms with E-state index in [1.807, 2.05) is 24.3 Å². The number of ether oxygens (including phenoxy) is 1. The largest absolute Gasteiger partial charge is 0.488 e. The maximum absolute atomic E-state index is 13.0. The molecule has 0 saturated heterocycles. The van der Waals surface area contributed by atoms with Gasteiger partial charge in [-0.15, -0.1) is 0 Å². The molecule has 0 heterocycles. The normalized spacial score (nSPS) is 23.4. The van der Waals surface area contributed by atoms with Gasteiger partial charge in [-0.1, -0.05) is 23.7 Å². The first kappa shape index (κ1) is 18.2. The third-order valence-corrected chi connectivity index (χ3v) is 4.88. The monoisotopic (exact) mass is 363 g/mol. The van der Waals surface area contributed by atoms with Gasteiger partial charge in [0.2, 0.25) is 0 Å². The zero-order valence-corrected chi connectivity index (χ0v) is 14.8. The highest BCUT2D eigenvalue weighted by Crippen LogP contribution is 2.24. The molecule has 1 fully saturated rings. The fraction of sp³-hybridized carbons (Fsp3) is 0.400. The van der Waals surface area contributed by atoms with E-state index in [-0.39, 0.29) is 18.0 Å². The second-order valence-corrected chi connectivity index (χ2v) is 6.91. The van der Waals surface area contributed by atoms with Crippen LogP contribution < -0.4 is 10.1 Å². The number of rotatable bonds is 6. The Balaban J connectivity index is 1.50. The van der Waals surface area contributed by atoms with E-state index in [1.165, 1.54) is 17.7 Å². The van der Waals surface area contributed by atoms with Gasteiger partial charge in [-0.3, -0.25) is 0 Å². The number of benzene rings is 2. The van der Waals surface area contributed by atoms with Crippen molar-refractivity contribution in [3.05, 3.63) is 64.9 Å². The van der Waals surface area contributed by atoms with Crippen molar-refractivity contribution in [2.45, 2.75) is 43.9 Å². The molecular weight excluding hydrogens is 341 g/mol. The van der Waals surface area contributed by atoms with Crippen LogP contribution in [-0.4, -0.2) is 29.9 Å². The van der Waals surface area contributed by atoms with Crippen molar-refractivity contribution in [3.8, 4) is 5.75 Å². The molecule has 2 N–H and O–H groups in total. The van der Waals surface area contributed by atoms with Crippen molar-refractivity contribution in [2.24, 2.45) is 0 Å². The van der Waals surface area contributed by atoms with Gasteiger partial charge in [-0.2, -0.15) is 0 Å². The fourth-order valence-corrected chi connectivity index (χ4v) is 3.36. The van der Waals surface area contributed by atoms with Gasteiger partial charge in [0.15, 0.2) is 0 Å². The summed E-state index contributed by atoms with van der Waals surface area (Å²) in [5, 5.41) is 14.8. The van der Waals surface area contributed by atoms with E-state index >= 15 is 0 Å². The highest BCUT2D eigenvalue weighted by atomic mass is 35.5. The minimum Gasteiger partial charge on any atom is -0.488 e. The molecule has 25 heavy (non-hydrogen) atoms.